The number of aliphatic imine (C=N–C) groups is 1. The summed E-state index contributed by atoms with van der Waals surface area (Å²) in [5.74, 6) is 1.16. The quantitative estimate of drug-likeness (QED) is 0.679. The van der Waals surface area contributed by atoms with Crippen LogP contribution < -0.4 is 14.4 Å². The number of carbonyl (C=O) groups is 1. The molecule has 1 aromatic rings. The summed E-state index contributed by atoms with van der Waals surface area (Å²) in [5.41, 5.74) is 0.777. The summed E-state index contributed by atoms with van der Waals surface area (Å²) >= 11 is 1.26. The van der Waals surface area contributed by atoms with Crippen LogP contribution in [0.1, 0.15) is 6.92 Å². The molecular weight excluding hydrogens is 392 g/mol. The van der Waals surface area contributed by atoms with Crippen molar-refractivity contribution >= 4 is 38.4 Å². The number of esters is 1. The number of benzene rings is 1. The van der Waals surface area contributed by atoms with E-state index >= 15 is 0 Å². The minimum absolute atomic E-state index is 0.0299. The number of carbonyl (C=O) groups excluding carboxylic acids is 1. The highest BCUT2D eigenvalue weighted by molar-refractivity contribution is 8.14. The summed E-state index contributed by atoms with van der Waals surface area (Å²) in [7, 11) is -3.13. The number of hydrogen-bond donors (Lipinski definition) is 0. The summed E-state index contributed by atoms with van der Waals surface area (Å²) < 4.78 is 40.4. The Morgan fingerprint density at radius 1 is 1.30 bits per heavy atom. The molecular formula is C17H20N2O6S2. The molecule has 0 saturated carbocycles. The van der Waals surface area contributed by atoms with Gasteiger partial charge in [0.2, 0.25) is 0 Å². The maximum Gasteiger partial charge on any atom is 0.316 e. The molecule has 1 aromatic carbocycles. The molecule has 0 unspecified atom stereocenters. The molecule has 2 atom stereocenters. The Labute approximate surface area is 161 Å². The normalized spacial score (nSPS) is 25.1. The Morgan fingerprint density at radius 2 is 2.07 bits per heavy atom. The van der Waals surface area contributed by atoms with Crippen LogP contribution in [0.3, 0.4) is 0 Å². The second-order valence-electron chi connectivity index (χ2n) is 6.41. The molecule has 0 aromatic heterocycles. The van der Waals surface area contributed by atoms with Crippen molar-refractivity contribution in [3.8, 4) is 11.5 Å². The van der Waals surface area contributed by atoms with Gasteiger partial charge in [0.1, 0.15) is 13.2 Å². The molecule has 3 heterocycles. The van der Waals surface area contributed by atoms with Crippen LogP contribution in [0.15, 0.2) is 23.2 Å². The summed E-state index contributed by atoms with van der Waals surface area (Å²) in [4.78, 5) is 18.2. The van der Waals surface area contributed by atoms with Gasteiger partial charge in [-0.25, -0.2) is 8.42 Å². The van der Waals surface area contributed by atoms with Gasteiger partial charge in [-0.15, -0.1) is 0 Å². The summed E-state index contributed by atoms with van der Waals surface area (Å²) in [6.45, 7) is 3.05. The molecule has 0 aliphatic carbocycles. The van der Waals surface area contributed by atoms with E-state index in [0.717, 1.165) is 5.69 Å². The lowest BCUT2D eigenvalue weighted by Gasteiger charge is -2.28. The first-order chi connectivity index (χ1) is 13.0. The zero-order valence-electron chi connectivity index (χ0n) is 14.8. The highest BCUT2D eigenvalue weighted by atomic mass is 32.2. The van der Waals surface area contributed by atoms with Gasteiger partial charge >= 0.3 is 5.97 Å². The Hall–Kier alpha value is -1.94. The van der Waals surface area contributed by atoms with Crippen molar-refractivity contribution in [1.82, 2.24) is 0 Å². The second-order valence-corrected chi connectivity index (χ2v) is 9.51. The fraction of sp³-hybridized carbons (Fsp3) is 0.529. The molecule has 146 valence electrons. The highest BCUT2D eigenvalue weighted by Crippen LogP contribution is 2.39. The fourth-order valence-corrected chi connectivity index (χ4v) is 6.21. The van der Waals surface area contributed by atoms with Crippen LogP contribution in [-0.2, 0) is 19.4 Å². The van der Waals surface area contributed by atoms with Crippen molar-refractivity contribution in [2.75, 3.05) is 42.0 Å². The lowest BCUT2D eigenvalue weighted by molar-refractivity contribution is -0.139. The zero-order valence-corrected chi connectivity index (χ0v) is 16.4. The van der Waals surface area contributed by atoms with Crippen LogP contribution in [0.2, 0.25) is 0 Å². The molecule has 0 bridgehead atoms. The number of ether oxygens (including phenoxy) is 3. The first kappa shape index (κ1) is 18.4. The van der Waals surface area contributed by atoms with Crippen LogP contribution in [0.25, 0.3) is 0 Å². The van der Waals surface area contributed by atoms with Gasteiger partial charge in [0, 0.05) is 11.8 Å². The van der Waals surface area contributed by atoms with Gasteiger partial charge in [-0.3, -0.25) is 9.79 Å². The minimum Gasteiger partial charge on any atom is -0.486 e. The molecule has 1 saturated heterocycles. The Balaban J connectivity index is 1.62. The van der Waals surface area contributed by atoms with Gasteiger partial charge in [0.25, 0.3) is 0 Å². The number of amidine groups is 1. The summed E-state index contributed by atoms with van der Waals surface area (Å²) in [6.07, 6.45) is 0. The SMILES string of the molecule is CCOC(=O)CSC1=N[C@H]2CS(=O)(=O)C[C@H]2N1c1ccc2c(c1)OCCO2. The Kier molecular flexibility index (Phi) is 4.94. The molecule has 1 fully saturated rings. The summed E-state index contributed by atoms with van der Waals surface area (Å²) in [6, 6.07) is 4.91. The van der Waals surface area contributed by atoms with Gasteiger partial charge < -0.3 is 19.1 Å². The maximum absolute atomic E-state index is 12.1. The third kappa shape index (κ3) is 3.73. The minimum atomic E-state index is -3.13. The first-order valence-electron chi connectivity index (χ1n) is 8.72. The van der Waals surface area contributed by atoms with Gasteiger partial charge in [0.15, 0.2) is 26.5 Å². The van der Waals surface area contributed by atoms with E-state index in [1.807, 2.05) is 23.1 Å². The topological polar surface area (TPSA) is 94.5 Å². The number of fused-ring (bicyclic) bond motifs is 2. The maximum atomic E-state index is 12.1. The van der Waals surface area contributed by atoms with E-state index in [-0.39, 0.29) is 35.3 Å². The highest BCUT2D eigenvalue weighted by Gasteiger charge is 2.47. The van der Waals surface area contributed by atoms with Crippen molar-refractivity contribution in [2.24, 2.45) is 4.99 Å². The van der Waals surface area contributed by atoms with Gasteiger partial charge in [-0.05, 0) is 19.1 Å². The lowest BCUT2D eigenvalue weighted by Crippen LogP contribution is -2.39. The van der Waals surface area contributed by atoms with Crippen LogP contribution in [0.5, 0.6) is 11.5 Å². The molecule has 8 nitrogen and oxygen atoms in total. The second kappa shape index (κ2) is 7.23. The molecule has 27 heavy (non-hydrogen) atoms. The molecule has 4 rings (SSSR count). The standard InChI is InChI=1S/C17H20N2O6S2/c1-2-23-16(20)8-26-17-18-12-9-27(21,22)10-13(12)19(17)11-3-4-14-15(7-11)25-6-5-24-14/h3-4,7,12-13H,2,5-6,8-10H2,1H3/t12-,13+/m0/s1. The van der Waals surface area contributed by atoms with Crippen LogP contribution in [0, 0.1) is 0 Å². The molecule has 0 radical (unpaired) electrons. The van der Waals surface area contributed by atoms with Crippen LogP contribution in [-0.4, -0.2) is 68.7 Å². The number of hydrogen-bond acceptors (Lipinski definition) is 9. The average Bonchev–Trinajstić information content (AvgIpc) is 3.11. The average molecular weight is 412 g/mol. The predicted octanol–water partition coefficient (Wildman–Crippen LogP) is 1.10. The number of anilines is 1. The van der Waals surface area contributed by atoms with Gasteiger partial charge in [-0.2, -0.15) is 0 Å². The lowest BCUT2D eigenvalue weighted by atomic mass is 10.1. The monoisotopic (exact) mass is 412 g/mol. The predicted molar refractivity (Wildman–Crippen MR) is 103 cm³/mol. The van der Waals surface area contributed by atoms with E-state index in [0.29, 0.717) is 36.5 Å². The molecule has 3 aliphatic rings. The van der Waals surface area contributed by atoms with E-state index in [9.17, 15) is 13.2 Å². The molecule has 10 heteroatoms. The van der Waals surface area contributed by atoms with Gasteiger partial charge in [-0.1, -0.05) is 11.8 Å². The Morgan fingerprint density at radius 3 is 2.85 bits per heavy atom. The van der Waals surface area contributed by atoms with E-state index < -0.39 is 9.84 Å². The van der Waals surface area contributed by atoms with E-state index in [1.54, 1.807) is 6.92 Å². The van der Waals surface area contributed by atoms with Crippen molar-refractivity contribution in [3.63, 3.8) is 0 Å². The summed E-state index contributed by atoms with van der Waals surface area (Å²) in [5, 5.41) is 0.629. The van der Waals surface area contributed by atoms with E-state index in [1.165, 1.54) is 11.8 Å². The molecule has 3 aliphatic heterocycles. The zero-order chi connectivity index (χ0) is 19.0. The van der Waals surface area contributed by atoms with Crippen molar-refractivity contribution < 1.29 is 27.4 Å². The smallest absolute Gasteiger partial charge is 0.316 e. The molecule has 0 N–H and O–H groups in total. The molecule has 0 spiro atoms. The molecule has 0 amide bonds. The van der Waals surface area contributed by atoms with Crippen molar-refractivity contribution in [2.45, 2.75) is 19.0 Å². The third-order valence-corrected chi connectivity index (χ3v) is 7.18. The number of sulfone groups is 1. The van der Waals surface area contributed by atoms with E-state index in [4.69, 9.17) is 14.2 Å². The Bertz CT molecular complexity index is 885. The van der Waals surface area contributed by atoms with Crippen LogP contribution in [0.4, 0.5) is 5.69 Å². The first-order valence-corrected chi connectivity index (χ1v) is 11.5. The van der Waals surface area contributed by atoms with Crippen molar-refractivity contribution in [1.29, 1.82) is 0 Å². The number of rotatable bonds is 4. The van der Waals surface area contributed by atoms with E-state index in [2.05, 4.69) is 4.99 Å². The number of thioether (sulfide) groups is 1. The van der Waals surface area contributed by atoms with Crippen molar-refractivity contribution in [3.05, 3.63) is 18.2 Å². The van der Waals surface area contributed by atoms with Crippen LogP contribution >= 0.6 is 11.8 Å². The third-order valence-electron chi connectivity index (χ3n) is 4.54. The van der Waals surface area contributed by atoms with Gasteiger partial charge in [0.05, 0.1) is 35.9 Å². The fourth-order valence-electron chi connectivity index (χ4n) is 3.44. The largest absolute Gasteiger partial charge is 0.486 e. The number of nitrogens with zero attached hydrogens (tertiary/aromatic N) is 2.